The fraction of sp³-hybridized carbons (Fsp3) is 0.667. The highest BCUT2D eigenvalue weighted by Gasteiger charge is 2.22. The highest BCUT2D eigenvalue weighted by Crippen LogP contribution is 1.96. The van der Waals surface area contributed by atoms with Crippen LogP contribution in [0.5, 0.6) is 0 Å². The first-order valence-electron chi connectivity index (χ1n) is 3.27. The number of carboxylic acids is 1. The van der Waals surface area contributed by atoms with Gasteiger partial charge < -0.3 is 20.7 Å². The summed E-state index contributed by atoms with van der Waals surface area (Å²) in [7, 11) is 0. The van der Waals surface area contributed by atoms with Crippen LogP contribution in [-0.4, -0.2) is 40.9 Å². The number of nitrogens with two attached hydrogens (primary N) is 1. The predicted molar refractivity (Wildman–Crippen MR) is 38.3 cm³/mol. The van der Waals surface area contributed by atoms with Crippen molar-refractivity contribution in [1.82, 2.24) is 0 Å². The molecule has 0 amide bonds. The third kappa shape index (κ3) is 3.31. The average molecular weight is 177 g/mol. The topological polar surface area (TPSA) is 110 Å². The van der Waals surface area contributed by atoms with Gasteiger partial charge in [0, 0.05) is 0 Å². The summed E-state index contributed by atoms with van der Waals surface area (Å²) in [5.41, 5.74) is 5.10. The van der Waals surface area contributed by atoms with Crippen molar-refractivity contribution in [3.63, 3.8) is 0 Å². The molecular weight excluding hydrogens is 166 g/mol. The number of rotatable bonds is 4. The molecule has 0 aliphatic carbocycles. The van der Waals surface area contributed by atoms with Crippen LogP contribution in [0.15, 0.2) is 0 Å². The summed E-state index contributed by atoms with van der Waals surface area (Å²) in [6.45, 7) is 0.559. The Morgan fingerprint density at radius 1 is 1.58 bits per heavy atom. The number of carbonyl (C=O) groups is 2. The van der Waals surface area contributed by atoms with Crippen LogP contribution in [0, 0.1) is 0 Å². The number of ether oxygens (including phenoxy) is 1. The van der Waals surface area contributed by atoms with Gasteiger partial charge in [0.2, 0.25) is 0 Å². The monoisotopic (exact) mass is 177 g/mol. The molecule has 0 saturated carbocycles. The summed E-state index contributed by atoms with van der Waals surface area (Å²) in [4.78, 5) is 20.7. The zero-order chi connectivity index (χ0) is 9.72. The number of hydrogen-bond donors (Lipinski definition) is 3. The smallest absolute Gasteiger partial charge is 0.332 e. The van der Waals surface area contributed by atoms with E-state index in [9.17, 15) is 9.59 Å². The standard InChI is InChI=1S/C6H11NO5/c1-3(5(7)6(10)11)12-4(9)2-8/h3,5,8H,2,7H2,1H3,(H,10,11). The van der Waals surface area contributed by atoms with Gasteiger partial charge >= 0.3 is 11.9 Å². The molecule has 6 nitrogen and oxygen atoms in total. The number of hydrogen-bond acceptors (Lipinski definition) is 5. The Morgan fingerprint density at radius 2 is 2.08 bits per heavy atom. The Hall–Kier alpha value is -1.14. The van der Waals surface area contributed by atoms with E-state index in [0.29, 0.717) is 0 Å². The normalized spacial score (nSPS) is 14.9. The van der Waals surface area contributed by atoms with E-state index in [0.717, 1.165) is 0 Å². The molecule has 2 atom stereocenters. The molecule has 70 valence electrons. The zero-order valence-corrected chi connectivity index (χ0v) is 6.56. The molecule has 2 unspecified atom stereocenters. The molecule has 12 heavy (non-hydrogen) atoms. The lowest BCUT2D eigenvalue weighted by molar-refractivity contribution is -0.156. The van der Waals surface area contributed by atoms with Crippen molar-refractivity contribution in [2.75, 3.05) is 6.61 Å². The fourth-order valence-electron chi connectivity index (χ4n) is 0.519. The molecule has 0 aliphatic heterocycles. The van der Waals surface area contributed by atoms with Gasteiger partial charge in [-0.3, -0.25) is 4.79 Å². The second-order valence-electron chi connectivity index (χ2n) is 2.22. The van der Waals surface area contributed by atoms with Gasteiger partial charge in [-0.2, -0.15) is 0 Å². The van der Waals surface area contributed by atoms with Gasteiger partial charge in [-0.05, 0) is 6.92 Å². The quantitative estimate of drug-likeness (QED) is 0.442. The molecule has 0 aromatic rings. The molecular formula is C6H11NO5. The van der Waals surface area contributed by atoms with Crippen LogP contribution < -0.4 is 5.73 Å². The Balaban J connectivity index is 3.94. The van der Waals surface area contributed by atoms with E-state index in [1.54, 1.807) is 0 Å². The lowest BCUT2D eigenvalue weighted by Crippen LogP contribution is -2.42. The minimum absolute atomic E-state index is 0.781. The summed E-state index contributed by atoms with van der Waals surface area (Å²) in [6, 6.07) is -1.26. The third-order valence-corrected chi connectivity index (χ3v) is 1.24. The number of aliphatic hydroxyl groups excluding tert-OH is 1. The van der Waals surface area contributed by atoms with E-state index in [2.05, 4.69) is 4.74 Å². The number of carboxylic acid groups (broad SMARTS) is 1. The summed E-state index contributed by atoms with van der Waals surface area (Å²) in [6.07, 6.45) is -0.942. The SMILES string of the molecule is CC(OC(=O)CO)C(N)C(=O)O. The van der Waals surface area contributed by atoms with E-state index in [-0.39, 0.29) is 0 Å². The average Bonchev–Trinajstić information content (AvgIpc) is 2.02. The van der Waals surface area contributed by atoms with Crippen molar-refractivity contribution < 1.29 is 24.5 Å². The Labute approximate surface area is 68.9 Å². The van der Waals surface area contributed by atoms with Crippen molar-refractivity contribution in [2.45, 2.75) is 19.1 Å². The van der Waals surface area contributed by atoms with Crippen LogP contribution in [0.3, 0.4) is 0 Å². The molecule has 4 N–H and O–H groups in total. The van der Waals surface area contributed by atoms with Crippen molar-refractivity contribution in [3.8, 4) is 0 Å². The Morgan fingerprint density at radius 3 is 2.42 bits per heavy atom. The van der Waals surface area contributed by atoms with E-state index in [1.807, 2.05) is 0 Å². The van der Waals surface area contributed by atoms with Crippen LogP contribution >= 0.6 is 0 Å². The lowest BCUT2D eigenvalue weighted by atomic mass is 10.2. The van der Waals surface area contributed by atoms with E-state index < -0.39 is 30.7 Å². The van der Waals surface area contributed by atoms with Crippen molar-refractivity contribution in [1.29, 1.82) is 0 Å². The van der Waals surface area contributed by atoms with Gasteiger partial charge in [-0.1, -0.05) is 0 Å². The van der Waals surface area contributed by atoms with E-state index in [1.165, 1.54) is 6.92 Å². The van der Waals surface area contributed by atoms with Gasteiger partial charge in [0.1, 0.15) is 18.8 Å². The highest BCUT2D eigenvalue weighted by atomic mass is 16.6. The van der Waals surface area contributed by atoms with Crippen LogP contribution in [-0.2, 0) is 14.3 Å². The first kappa shape index (κ1) is 10.9. The molecule has 6 heteroatoms. The third-order valence-electron chi connectivity index (χ3n) is 1.24. The second-order valence-corrected chi connectivity index (χ2v) is 2.22. The Bertz CT molecular complexity index is 181. The first-order chi connectivity index (χ1) is 5.49. The number of esters is 1. The van der Waals surface area contributed by atoms with Gasteiger partial charge in [0.25, 0.3) is 0 Å². The van der Waals surface area contributed by atoms with Gasteiger partial charge in [-0.15, -0.1) is 0 Å². The predicted octanol–water partition coefficient (Wildman–Crippen LogP) is -1.68. The molecule has 0 rings (SSSR count). The largest absolute Gasteiger partial charge is 0.480 e. The summed E-state index contributed by atoms with van der Waals surface area (Å²) < 4.78 is 4.43. The number of aliphatic hydroxyl groups is 1. The maximum Gasteiger partial charge on any atom is 0.332 e. The summed E-state index contributed by atoms with van der Waals surface area (Å²) >= 11 is 0. The number of carbonyl (C=O) groups excluding carboxylic acids is 1. The minimum atomic E-state index is -1.26. The molecule has 0 heterocycles. The second kappa shape index (κ2) is 4.68. The molecule has 0 aromatic carbocycles. The van der Waals surface area contributed by atoms with Gasteiger partial charge in [-0.25, -0.2) is 4.79 Å². The molecule has 0 fully saturated rings. The van der Waals surface area contributed by atoms with E-state index in [4.69, 9.17) is 15.9 Å². The van der Waals surface area contributed by atoms with Crippen LogP contribution in [0.1, 0.15) is 6.92 Å². The van der Waals surface area contributed by atoms with Gasteiger partial charge in [0.15, 0.2) is 0 Å². The van der Waals surface area contributed by atoms with Crippen LogP contribution in [0.2, 0.25) is 0 Å². The van der Waals surface area contributed by atoms with Crippen LogP contribution in [0.25, 0.3) is 0 Å². The highest BCUT2D eigenvalue weighted by molar-refractivity contribution is 5.75. The molecule has 0 radical (unpaired) electrons. The molecule has 0 spiro atoms. The Kier molecular flexibility index (Phi) is 4.24. The molecule has 0 bridgehead atoms. The zero-order valence-electron chi connectivity index (χ0n) is 6.56. The summed E-state index contributed by atoms with van der Waals surface area (Å²) in [5, 5.41) is 16.6. The molecule has 0 aliphatic rings. The van der Waals surface area contributed by atoms with Crippen molar-refractivity contribution in [3.05, 3.63) is 0 Å². The first-order valence-corrected chi connectivity index (χ1v) is 3.27. The van der Waals surface area contributed by atoms with Crippen LogP contribution in [0.4, 0.5) is 0 Å². The van der Waals surface area contributed by atoms with Gasteiger partial charge in [0.05, 0.1) is 0 Å². The maximum atomic E-state index is 10.4. The molecule has 0 aromatic heterocycles. The fourth-order valence-corrected chi connectivity index (χ4v) is 0.519. The van der Waals surface area contributed by atoms with E-state index >= 15 is 0 Å². The lowest BCUT2D eigenvalue weighted by Gasteiger charge is -2.15. The minimum Gasteiger partial charge on any atom is -0.480 e. The molecule has 0 saturated heterocycles. The van der Waals surface area contributed by atoms with Crippen molar-refractivity contribution >= 4 is 11.9 Å². The van der Waals surface area contributed by atoms with Crippen molar-refractivity contribution in [2.24, 2.45) is 5.73 Å². The summed E-state index contributed by atoms with van der Waals surface area (Å²) in [5.74, 6) is -2.15. The maximum absolute atomic E-state index is 10.4. The number of aliphatic carboxylic acids is 1.